The van der Waals surface area contributed by atoms with Gasteiger partial charge in [0.15, 0.2) is 0 Å². The molecular weight excluding hydrogens is 240 g/mol. The summed E-state index contributed by atoms with van der Waals surface area (Å²) in [7, 11) is 0. The molecule has 0 heterocycles. The number of hydrogen-bond acceptors (Lipinski definition) is 2. The minimum Gasteiger partial charge on any atom is -0.369 e. The first-order valence-electron chi connectivity index (χ1n) is 6.75. The molecule has 4 N–H and O–H groups in total. The van der Waals surface area contributed by atoms with E-state index < -0.39 is 0 Å². The van der Waals surface area contributed by atoms with E-state index in [9.17, 15) is 9.59 Å². The zero-order chi connectivity index (χ0) is 13.8. The highest BCUT2D eigenvalue weighted by Crippen LogP contribution is 2.31. The maximum Gasteiger partial charge on any atom is 0.248 e. The van der Waals surface area contributed by atoms with Crippen molar-refractivity contribution in [1.29, 1.82) is 0 Å². The zero-order valence-electron chi connectivity index (χ0n) is 11.0. The van der Waals surface area contributed by atoms with Crippen LogP contribution in [-0.2, 0) is 11.2 Å². The van der Waals surface area contributed by atoms with Gasteiger partial charge >= 0.3 is 0 Å². The third-order valence-electron chi connectivity index (χ3n) is 4.04. The van der Waals surface area contributed by atoms with Gasteiger partial charge in [-0.05, 0) is 49.7 Å². The molecule has 0 saturated heterocycles. The van der Waals surface area contributed by atoms with E-state index in [-0.39, 0.29) is 17.7 Å². The summed E-state index contributed by atoms with van der Waals surface area (Å²) in [6.45, 7) is 0. The fourth-order valence-electron chi connectivity index (χ4n) is 2.90. The molecule has 0 unspecified atom stereocenters. The molecule has 2 rings (SSSR count). The Morgan fingerprint density at radius 2 is 1.68 bits per heavy atom. The van der Waals surface area contributed by atoms with Crippen LogP contribution in [0.15, 0.2) is 24.3 Å². The molecule has 1 aromatic carbocycles. The zero-order valence-corrected chi connectivity index (χ0v) is 11.0. The number of primary amides is 2. The molecular formula is C15H20N2O2. The van der Waals surface area contributed by atoms with Crippen LogP contribution in [0.2, 0.25) is 0 Å². The van der Waals surface area contributed by atoms with Crippen molar-refractivity contribution in [2.45, 2.75) is 32.1 Å². The Bertz CT molecular complexity index is 477. The Morgan fingerprint density at radius 1 is 1.05 bits per heavy atom. The summed E-state index contributed by atoms with van der Waals surface area (Å²) in [5.41, 5.74) is 12.3. The summed E-state index contributed by atoms with van der Waals surface area (Å²) in [5.74, 6) is -0.0175. The van der Waals surface area contributed by atoms with E-state index in [1.165, 1.54) is 0 Å². The van der Waals surface area contributed by atoms with Gasteiger partial charge in [-0.15, -0.1) is 0 Å². The predicted molar refractivity (Wildman–Crippen MR) is 73.3 cm³/mol. The fourth-order valence-corrected chi connectivity index (χ4v) is 2.90. The van der Waals surface area contributed by atoms with Crippen molar-refractivity contribution in [3.05, 3.63) is 35.4 Å². The van der Waals surface area contributed by atoms with Gasteiger partial charge in [-0.25, -0.2) is 0 Å². The molecule has 102 valence electrons. The van der Waals surface area contributed by atoms with Gasteiger partial charge in [-0.3, -0.25) is 9.59 Å². The van der Waals surface area contributed by atoms with Crippen LogP contribution in [0.5, 0.6) is 0 Å². The molecule has 0 spiro atoms. The molecule has 0 aromatic heterocycles. The number of hydrogen-bond donors (Lipinski definition) is 2. The molecule has 0 aliphatic heterocycles. The summed E-state index contributed by atoms with van der Waals surface area (Å²) >= 11 is 0. The van der Waals surface area contributed by atoms with Crippen LogP contribution in [0.25, 0.3) is 0 Å². The molecule has 2 amide bonds. The summed E-state index contributed by atoms with van der Waals surface area (Å²) < 4.78 is 0. The first-order valence-corrected chi connectivity index (χ1v) is 6.75. The van der Waals surface area contributed by atoms with Gasteiger partial charge in [0.25, 0.3) is 0 Å². The second-order valence-corrected chi connectivity index (χ2v) is 5.35. The van der Waals surface area contributed by atoms with E-state index in [1.807, 2.05) is 18.2 Å². The van der Waals surface area contributed by atoms with Crippen LogP contribution >= 0.6 is 0 Å². The van der Waals surface area contributed by atoms with Gasteiger partial charge in [0.1, 0.15) is 0 Å². The van der Waals surface area contributed by atoms with Gasteiger partial charge in [0.05, 0.1) is 0 Å². The van der Waals surface area contributed by atoms with Crippen molar-refractivity contribution in [3.8, 4) is 0 Å². The average molecular weight is 260 g/mol. The van der Waals surface area contributed by atoms with Crippen molar-refractivity contribution < 1.29 is 9.59 Å². The normalized spacial score (nSPS) is 22.9. The first-order chi connectivity index (χ1) is 9.08. The van der Waals surface area contributed by atoms with Crippen LogP contribution < -0.4 is 11.5 Å². The quantitative estimate of drug-likeness (QED) is 0.861. The molecule has 1 aromatic rings. The third kappa shape index (κ3) is 3.34. The molecule has 1 saturated carbocycles. The Hall–Kier alpha value is -1.84. The topological polar surface area (TPSA) is 86.2 Å². The lowest BCUT2D eigenvalue weighted by Gasteiger charge is -2.27. The second-order valence-electron chi connectivity index (χ2n) is 5.35. The molecule has 0 atom stereocenters. The van der Waals surface area contributed by atoms with Gasteiger partial charge < -0.3 is 11.5 Å². The Morgan fingerprint density at radius 3 is 2.26 bits per heavy atom. The molecule has 0 radical (unpaired) electrons. The van der Waals surface area contributed by atoms with Crippen molar-refractivity contribution in [3.63, 3.8) is 0 Å². The number of carbonyl (C=O) groups is 2. The summed E-state index contributed by atoms with van der Waals surface area (Å²) in [6, 6.07) is 7.48. The van der Waals surface area contributed by atoms with Crippen molar-refractivity contribution in [1.82, 2.24) is 0 Å². The third-order valence-corrected chi connectivity index (χ3v) is 4.04. The summed E-state index contributed by atoms with van der Waals surface area (Å²) in [4.78, 5) is 22.5. The van der Waals surface area contributed by atoms with Crippen LogP contribution in [-0.4, -0.2) is 11.8 Å². The number of benzene rings is 1. The predicted octanol–water partition coefficient (Wildman–Crippen LogP) is 1.62. The molecule has 4 nitrogen and oxygen atoms in total. The van der Waals surface area contributed by atoms with Crippen LogP contribution in [0, 0.1) is 11.8 Å². The Kier molecular flexibility index (Phi) is 4.20. The van der Waals surface area contributed by atoms with E-state index >= 15 is 0 Å². The number of rotatable bonds is 4. The van der Waals surface area contributed by atoms with Crippen molar-refractivity contribution >= 4 is 11.8 Å². The lowest BCUT2D eigenvalue weighted by molar-refractivity contribution is -0.122. The lowest BCUT2D eigenvalue weighted by atomic mass is 9.78. The van der Waals surface area contributed by atoms with Gasteiger partial charge in [-0.2, -0.15) is 0 Å². The molecule has 19 heavy (non-hydrogen) atoms. The fraction of sp³-hybridized carbons (Fsp3) is 0.467. The maximum atomic E-state index is 11.4. The van der Waals surface area contributed by atoms with E-state index in [0.717, 1.165) is 37.7 Å². The molecule has 1 fully saturated rings. The van der Waals surface area contributed by atoms with Crippen LogP contribution in [0.4, 0.5) is 0 Å². The summed E-state index contributed by atoms with van der Waals surface area (Å²) in [6.07, 6.45) is 4.55. The largest absolute Gasteiger partial charge is 0.369 e. The van der Waals surface area contributed by atoms with Crippen LogP contribution in [0.3, 0.4) is 0 Å². The number of carbonyl (C=O) groups excluding carboxylic acids is 2. The van der Waals surface area contributed by atoms with Gasteiger partial charge in [0.2, 0.25) is 11.8 Å². The maximum absolute atomic E-state index is 11.4. The Balaban J connectivity index is 2.00. The van der Waals surface area contributed by atoms with Gasteiger partial charge in [0, 0.05) is 11.5 Å². The SMILES string of the molecule is NC(=O)c1ccccc1CC1CCC(C(N)=O)CC1. The minimum absolute atomic E-state index is 0.0302. The highest BCUT2D eigenvalue weighted by atomic mass is 16.1. The molecule has 4 heteroatoms. The highest BCUT2D eigenvalue weighted by molar-refractivity contribution is 5.94. The highest BCUT2D eigenvalue weighted by Gasteiger charge is 2.25. The second kappa shape index (κ2) is 5.87. The standard InChI is InChI=1S/C15H20N2O2/c16-14(18)11-7-5-10(6-8-11)9-12-3-1-2-4-13(12)15(17)19/h1-4,10-11H,5-9H2,(H2,16,18)(H2,17,19). The summed E-state index contributed by atoms with van der Waals surface area (Å²) in [5, 5.41) is 0. The van der Waals surface area contributed by atoms with Crippen LogP contribution in [0.1, 0.15) is 41.6 Å². The van der Waals surface area contributed by atoms with Crippen molar-refractivity contribution in [2.24, 2.45) is 23.3 Å². The molecule has 1 aliphatic rings. The van der Waals surface area contributed by atoms with E-state index in [0.29, 0.717) is 11.5 Å². The van der Waals surface area contributed by atoms with E-state index in [1.54, 1.807) is 6.07 Å². The lowest BCUT2D eigenvalue weighted by Crippen LogP contribution is -2.28. The molecule has 1 aliphatic carbocycles. The number of nitrogens with two attached hydrogens (primary N) is 2. The Labute approximate surface area is 113 Å². The smallest absolute Gasteiger partial charge is 0.248 e. The monoisotopic (exact) mass is 260 g/mol. The minimum atomic E-state index is -0.374. The van der Waals surface area contributed by atoms with E-state index in [2.05, 4.69) is 0 Å². The average Bonchev–Trinajstić information content (AvgIpc) is 2.39. The van der Waals surface area contributed by atoms with Gasteiger partial charge in [-0.1, -0.05) is 18.2 Å². The number of amides is 2. The van der Waals surface area contributed by atoms with E-state index in [4.69, 9.17) is 11.5 Å². The molecule has 0 bridgehead atoms. The van der Waals surface area contributed by atoms with Crippen molar-refractivity contribution in [2.75, 3.05) is 0 Å². The first kappa shape index (κ1) is 13.6.